The molecule has 0 aromatic rings. The third-order valence-electron chi connectivity index (χ3n) is 3.64. The van der Waals surface area contributed by atoms with Gasteiger partial charge in [-0.1, -0.05) is 5.92 Å². The highest BCUT2D eigenvalue weighted by molar-refractivity contribution is 5.71. The molecule has 0 aromatic heterocycles. The van der Waals surface area contributed by atoms with Gasteiger partial charge in [-0.05, 0) is 24.3 Å². The van der Waals surface area contributed by atoms with Crippen LogP contribution in [0.3, 0.4) is 0 Å². The van der Waals surface area contributed by atoms with Crippen LogP contribution in [0.2, 0.25) is 0 Å². The van der Waals surface area contributed by atoms with E-state index in [9.17, 15) is 9.90 Å². The fraction of sp³-hybridized carbons (Fsp3) is 0.500. The zero-order valence-electron chi connectivity index (χ0n) is 11.2. The van der Waals surface area contributed by atoms with E-state index in [4.69, 9.17) is 20.6 Å². The van der Waals surface area contributed by atoms with Crippen molar-refractivity contribution >= 4 is 5.97 Å². The van der Waals surface area contributed by atoms with Crippen LogP contribution in [-0.2, 0) is 19.0 Å². The second-order valence-corrected chi connectivity index (χ2v) is 5.08. The number of carbonyl (C=O) groups excluding carboxylic acids is 1. The number of epoxide rings is 2. The summed E-state index contributed by atoms with van der Waals surface area (Å²) in [7, 11) is 0. The van der Waals surface area contributed by atoms with E-state index in [0.29, 0.717) is 12.8 Å². The van der Waals surface area contributed by atoms with Crippen molar-refractivity contribution < 1.29 is 24.1 Å². The number of terminal acetylenes is 1. The van der Waals surface area contributed by atoms with E-state index in [1.54, 1.807) is 6.08 Å². The number of rotatable bonds is 4. The fourth-order valence-electron chi connectivity index (χ4n) is 2.47. The molecule has 0 unspecified atom stereocenters. The van der Waals surface area contributed by atoms with Gasteiger partial charge in [0, 0.05) is 12.5 Å². The number of esters is 1. The van der Waals surface area contributed by atoms with Crippen molar-refractivity contribution in [2.45, 2.75) is 49.5 Å². The van der Waals surface area contributed by atoms with Crippen LogP contribution < -0.4 is 0 Å². The van der Waals surface area contributed by atoms with Gasteiger partial charge in [0.1, 0.15) is 36.6 Å². The predicted molar refractivity (Wildman–Crippen MR) is 71.7 cm³/mol. The highest BCUT2D eigenvalue weighted by atomic mass is 16.7. The maximum Gasteiger partial charge on any atom is 0.306 e. The second-order valence-electron chi connectivity index (χ2n) is 5.08. The van der Waals surface area contributed by atoms with Gasteiger partial charge in [0.2, 0.25) is 0 Å². The van der Waals surface area contributed by atoms with Gasteiger partial charge in [-0.2, -0.15) is 0 Å². The first-order chi connectivity index (χ1) is 10.2. The first-order valence-corrected chi connectivity index (χ1v) is 6.76. The molecule has 3 aliphatic heterocycles. The maximum atomic E-state index is 11.0. The van der Waals surface area contributed by atoms with E-state index >= 15 is 0 Å². The molecule has 0 aromatic carbocycles. The lowest BCUT2D eigenvalue weighted by Crippen LogP contribution is -2.32. The van der Waals surface area contributed by atoms with E-state index in [0.717, 1.165) is 0 Å². The Bertz CT molecular complexity index is 598. The molecule has 6 atom stereocenters. The van der Waals surface area contributed by atoms with E-state index in [2.05, 4.69) is 23.5 Å². The van der Waals surface area contributed by atoms with Gasteiger partial charge in [-0.25, -0.2) is 0 Å². The van der Waals surface area contributed by atoms with Crippen LogP contribution in [0, 0.1) is 24.2 Å². The molecular weight excluding hydrogens is 272 g/mol. The number of hydrogen-bond donors (Lipinski definition) is 1. The van der Waals surface area contributed by atoms with Crippen molar-refractivity contribution in [2.75, 3.05) is 0 Å². The topological polar surface area (TPSA) is 71.6 Å². The molecule has 0 spiro atoms. The zero-order chi connectivity index (χ0) is 14.8. The standard InChI is InChI=1S/C16H14O5/c1-2-3-4-5-6-7-11-14(20-11)16-15(21-16)13(18)10-8-9-12(17)19-10/h1,5,7,10-11,13-16,18H,8-9H2/t6?,10-,11+,13-,14-,15+,16-/m1/s1. The third-order valence-corrected chi connectivity index (χ3v) is 3.64. The van der Waals surface area contributed by atoms with Crippen LogP contribution in [-0.4, -0.2) is 47.7 Å². The van der Waals surface area contributed by atoms with Crippen LogP contribution >= 0.6 is 0 Å². The minimum atomic E-state index is -0.785. The molecule has 108 valence electrons. The monoisotopic (exact) mass is 286 g/mol. The molecular formula is C16H14O5. The quantitative estimate of drug-likeness (QED) is 0.339. The normalized spacial score (nSPS) is 37.1. The van der Waals surface area contributed by atoms with E-state index in [-0.39, 0.29) is 30.4 Å². The molecule has 0 aliphatic carbocycles. The molecule has 0 bridgehead atoms. The van der Waals surface area contributed by atoms with Crippen molar-refractivity contribution in [3.05, 3.63) is 17.9 Å². The number of aliphatic hydroxyl groups is 1. The summed E-state index contributed by atoms with van der Waals surface area (Å²) in [6.07, 6.45) is 7.26. The summed E-state index contributed by atoms with van der Waals surface area (Å²) in [6.45, 7) is 0. The fourth-order valence-corrected chi connectivity index (χ4v) is 2.47. The van der Waals surface area contributed by atoms with Crippen LogP contribution in [0.25, 0.3) is 0 Å². The van der Waals surface area contributed by atoms with Crippen LogP contribution in [0.5, 0.6) is 0 Å². The van der Waals surface area contributed by atoms with Crippen molar-refractivity contribution in [3.63, 3.8) is 0 Å². The molecule has 0 radical (unpaired) electrons. The molecule has 3 aliphatic rings. The van der Waals surface area contributed by atoms with Crippen molar-refractivity contribution in [2.24, 2.45) is 0 Å². The highest BCUT2D eigenvalue weighted by Gasteiger charge is 2.60. The van der Waals surface area contributed by atoms with Gasteiger partial charge in [0.15, 0.2) is 0 Å². The van der Waals surface area contributed by atoms with Crippen molar-refractivity contribution in [3.8, 4) is 24.2 Å². The Morgan fingerprint density at radius 2 is 2.24 bits per heavy atom. The molecule has 3 rings (SSSR count). The molecule has 3 saturated heterocycles. The first kappa shape index (κ1) is 13.9. The molecule has 5 heteroatoms. The molecule has 21 heavy (non-hydrogen) atoms. The molecule has 3 heterocycles. The first-order valence-electron chi connectivity index (χ1n) is 6.76. The lowest BCUT2D eigenvalue weighted by atomic mass is 10.0. The van der Waals surface area contributed by atoms with Gasteiger partial charge in [0.25, 0.3) is 0 Å². The molecule has 3 fully saturated rings. The van der Waals surface area contributed by atoms with Gasteiger partial charge in [-0.15, -0.1) is 12.2 Å². The number of hydrogen-bond acceptors (Lipinski definition) is 5. The van der Waals surface area contributed by atoms with Crippen LogP contribution in [0.15, 0.2) is 17.9 Å². The average molecular weight is 286 g/mol. The smallest absolute Gasteiger partial charge is 0.306 e. The van der Waals surface area contributed by atoms with Crippen LogP contribution in [0.4, 0.5) is 0 Å². The average Bonchev–Trinajstić information content (AvgIpc) is 3.35. The number of cyclic esters (lactones) is 1. The number of ether oxygens (including phenoxy) is 3. The van der Waals surface area contributed by atoms with E-state index in [1.165, 1.54) is 6.08 Å². The van der Waals surface area contributed by atoms with Gasteiger partial charge >= 0.3 is 5.97 Å². The predicted octanol–water partition coefficient (Wildman–Crippen LogP) is -0.0644. The van der Waals surface area contributed by atoms with E-state index in [1.807, 2.05) is 0 Å². The molecule has 0 saturated carbocycles. The second kappa shape index (κ2) is 5.77. The van der Waals surface area contributed by atoms with Gasteiger partial charge < -0.3 is 19.3 Å². The minimum Gasteiger partial charge on any atom is -0.459 e. The summed E-state index contributed by atoms with van der Waals surface area (Å²) in [6, 6.07) is 0. The summed E-state index contributed by atoms with van der Waals surface area (Å²) < 4.78 is 15.9. The number of carbonyl (C=O) groups is 1. The van der Waals surface area contributed by atoms with Crippen molar-refractivity contribution in [1.82, 2.24) is 0 Å². The molecule has 5 nitrogen and oxygen atoms in total. The summed E-state index contributed by atoms with van der Waals surface area (Å²) in [5, 5.41) is 10.1. The molecule has 1 N–H and O–H groups in total. The van der Waals surface area contributed by atoms with E-state index < -0.39 is 12.2 Å². The Kier molecular flexibility index (Phi) is 3.84. The maximum absolute atomic E-state index is 11.0. The van der Waals surface area contributed by atoms with Gasteiger partial charge in [-0.3, -0.25) is 4.79 Å². The summed E-state index contributed by atoms with van der Waals surface area (Å²) in [4.78, 5) is 11.0. The third kappa shape index (κ3) is 3.19. The highest BCUT2D eigenvalue weighted by Crippen LogP contribution is 2.42. The molecule has 0 amide bonds. The lowest BCUT2D eigenvalue weighted by Gasteiger charge is -2.14. The zero-order valence-corrected chi connectivity index (χ0v) is 11.2. The Morgan fingerprint density at radius 3 is 2.95 bits per heavy atom. The lowest BCUT2D eigenvalue weighted by molar-refractivity contribution is -0.145. The Balaban J connectivity index is 1.46. The Morgan fingerprint density at radius 1 is 1.38 bits per heavy atom. The largest absolute Gasteiger partial charge is 0.459 e. The van der Waals surface area contributed by atoms with Crippen LogP contribution in [0.1, 0.15) is 12.8 Å². The van der Waals surface area contributed by atoms with Crippen molar-refractivity contribution in [1.29, 1.82) is 0 Å². The van der Waals surface area contributed by atoms with Gasteiger partial charge in [0.05, 0.1) is 0 Å². The Hall–Kier alpha value is -2.01. The SMILES string of the molecule is C#CC#CC=C=C[C@@H]1O[C@H]1[C@H]1O[C@H]1[C@H](O)[C@H]1CCC(=O)O1. The summed E-state index contributed by atoms with van der Waals surface area (Å²) >= 11 is 0. The number of aliphatic hydroxyl groups excluding tert-OH is 1. The summed E-state index contributed by atoms with van der Waals surface area (Å²) in [5.74, 6) is 6.99. The minimum absolute atomic E-state index is 0.0803. The summed E-state index contributed by atoms with van der Waals surface area (Å²) in [5.41, 5.74) is 2.87. The Labute approximate surface area is 122 Å².